The number of hydrogen-bond acceptors (Lipinski definition) is 4. The third kappa shape index (κ3) is 7.09. The van der Waals surface area contributed by atoms with Crippen LogP contribution in [-0.2, 0) is 4.57 Å². The van der Waals surface area contributed by atoms with Gasteiger partial charge in [-0.2, -0.15) is 0 Å². The molecule has 0 aliphatic rings. The van der Waals surface area contributed by atoms with Crippen LogP contribution in [0.3, 0.4) is 0 Å². The molecular weight excluding hydrogens is 159 g/mol. The van der Waals surface area contributed by atoms with Crippen LogP contribution in [-0.4, -0.2) is 25.2 Å². The molecule has 0 saturated heterocycles. The summed E-state index contributed by atoms with van der Waals surface area (Å²) in [6.45, 7) is 0. The lowest BCUT2D eigenvalue weighted by Gasteiger charge is -1.64. The first-order chi connectivity index (χ1) is 4.63. The normalized spacial score (nSPS) is 8.70. The first-order valence-electron chi connectivity index (χ1n) is 2.16. The van der Waals surface area contributed by atoms with Crippen molar-refractivity contribution in [3.63, 3.8) is 0 Å². The fourth-order valence-electron chi connectivity index (χ4n) is 0.210. The zero-order chi connectivity index (χ0) is 7.98. The summed E-state index contributed by atoms with van der Waals surface area (Å²) in [5, 5.41) is 9.15. The molecule has 1 rings (SSSR count). The second-order valence-electron chi connectivity index (χ2n) is 1.18. The average molecular weight is 166 g/mol. The third-order valence-electron chi connectivity index (χ3n) is 0.436. The maximum atomic E-state index is 8.74. The van der Waals surface area contributed by atoms with Crippen molar-refractivity contribution in [2.75, 3.05) is 5.73 Å². The van der Waals surface area contributed by atoms with Gasteiger partial charge in [0.1, 0.15) is 0 Å². The van der Waals surface area contributed by atoms with Crippen LogP contribution in [0.2, 0.25) is 0 Å². The van der Waals surface area contributed by atoms with Crippen LogP contribution in [0.25, 0.3) is 0 Å². The zero-order valence-corrected chi connectivity index (χ0v) is 5.85. The maximum absolute atomic E-state index is 8.74. The van der Waals surface area contributed by atoms with Gasteiger partial charge in [0.2, 0.25) is 0 Å². The Bertz CT molecular complexity index is 182. The summed E-state index contributed by atoms with van der Waals surface area (Å²) in [5.74, 6) is 0.426. The number of rotatable bonds is 0. The minimum atomic E-state index is -3.13. The SMILES string of the molecule is Nc1c[nH]nn1.O=[PH](O)O. The monoisotopic (exact) mass is 166 g/mol. The predicted octanol–water partition coefficient (Wildman–Crippen LogP) is -1.25. The molecule has 1 aromatic heterocycles. The molecule has 1 heterocycles. The van der Waals surface area contributed by atoms with Crippen molar-refractivity contribution in [1.29, 1.82) is 0 Å². The summed E-state index contributed by atoms with van der Waals surface area (Å²) >= 11 is 0. The van der Waals surface area contributed by atoms with E-state index in [1.54, 1.807) is 0 Å². The molecule has 0 saturated carbocycles. The Hall–Kier alpha value is -0.910. The van der Waals surface area contributed by atoms with E-state index in [2.05, 4.69) is 15.4 Å². The molecule has 0 fully saturated rings. The van der Waals surface area contributed by atoms with Crippen LogP contribution in [0.4, 0.5) is 5.82 Å². The van der Waals surface area contributed by atoms with Gasteiger partial charge in [0.15, 0.2) is 5.82 Å². The molecule has 0 amide bonds. The molecule has 0 unspecified atom stereocenters. The molecule has 0 aliphatic heterocycles. The molecule has 0 bridgehead atoms. The first kappa shape index (κ1) is 9.09. The van der Waals surface area contributed by atoms with E-state index in [9.17, 15) is 0 Å². The Morgan fingerprint density at radius 1 is 1.70 bits per heavy atom. The van der Waals surface area contributed by atoms with E-state index in [4.69, 9.17) is 20.1 Å². The van der Waals surface area contributed by atoms with Crippen molar-refractivity contribution < 1.29 is 14.4 Å². The van der Waals surface area contributed by atoms with Crippen molar-refractivity contribution in [3.8, 4) is 0 Å². The van der Waals surface area contributed by atoms with Crippen molar-refractivity contribution >= 4 is 14.1 Å². The fraction of sp³-hybridized carbons (Fsp3) is 0. The van der Waals surface area contributed by atoms with Gasteiger partial charge in [-0.3, -0.25) is 9.66 Å². The second kappa shape index (κ2) is 4.92. The molecule has 0 aromatic carbocycles. The largest absolute Gasteiger partial charge is 0.381 e. The molecule has 8 heteroatoms. The topological polar surface area (TPSA) is 125 Å². The van der Waals surface area contributed by atoms with Crippen LogP contribution >= 0.6 is 8.25 Å². The number of H-pyrrole nitrogens is 1. The van der Waals surface area contributed by atoms with Gasteiger partial charge in [-0.1, -0.05) is 5.21 Å². The molecule has 0 spiro atoms. The van der Waals surface area contributed by atoms with E-state index in [0.29, 0.717) is 5.82 Å². The van der Waals surface area contributed by atoms with Crippen molar-refractivity contribution in [3.05, 3.63) is 6.20 Å². The minimum absolute atomic E-state index is 0.426. The van der Waals surface area contributed by atoms with Crippen molar-refractivity contribution in [2.24, 2.45) is 0 Å². The Morgan fingerprint density at radius 3 is 2.30 bits per heavy atom. The van der Waals surface area contributed by atoms with Crippen LogP contribution in [0, 0.1) is 0 Å². The van der Waals surface area contributed by atoms with Crippen molar-refractivity contribution in [1.82, 2.24) is 15.4 Å². The molecule has 1 aromatic rings. The van der Waals surface area contributed by atoms with Gasteiger partial charge in [0.05, 0.1) is 6.20 Å². The zero-order valence-electron chi connectivity index (χ0n) is 4.85. The Balaban J connectivity index is 0.000000180. The molecular formula is C2H7N4O3P. The van der Waals surface area contributed by atoms with Gasteiger partial charge in [-0.25, -0.2) is 0 Å². The number of nitrogen functional groups attached to an aromatic ring is 1. The quantitative estimate of drug-likeness (QED) is 0.357. The van der Waals surface area contributed by atoms with Gasteiger partial charge in [-0.15, -0.1) is 5.10 Å². The fourth-order valence-corrected chi connectivity index (χ4v) is 0.210. The molecule has 0 radical (unpaired) electrons. The Kier molecular flexibility index (Phi) is 4.47. The number of anilines is 1. The summed E-state index contributed by atoms with van der Waals surface area (Å²) in [6, 6.07) is 0. The number of nitrogens with zero attached hydrogens (tertiary/aromatic N) is 2. The van der Waals surface area contributed by atoms with E-state index >= 15 is 0 Å². The van der Waals surface area contributed by atoms with E-state index in [1.807, 2.05) is 0 Å². The lowest BCUT2D eigenvalue weighted by molar-refractivity contribution is 0.405. The number of hydrogen-bond donors (Lipinski definition) is 4. The molecule has 58 valence electrons. The number of aromatic nitrogens is 3. The highest BCUT2D eigenvalue weighted by Gasteiger charge is 1.76. The van der Waals surface area contributed by atoms with E-state index in [0.717, 1.165) is 0 Å². The maximum Gasteiger partial charge on any atom is 0.314 e. The summed E-state index contributed by atoms with van der Waals surface area (Å²) < 4.78 is 8.74. The van der Waals surface area contributed by atoms with Gasteiger partial charge < -0.3 is 15.5 Å². The number of aromatic amines is 1. The highest BCUT2D eigenvalue weighted by Crippen LogP contribution is 1.98. The van der Waals surface area contributed by atoms with Gasteiger partial charge in [0.25, 0.3) is 0 Å². The Labute approximate surface area is 56.8 Å². The lowest BCUT2D eigenvalue weighted by Crippen LogP contribution is -1.81. The molecule has 7 nitrogen and oxygen atoms in total. The van der Waals surface area contributed by atoms with E-state index in [-0.39, 0.29) is 0 Å². The summed E-state index contributed by atoms with van der Waals surface area (Å²) in [7, 11) is -3.13. The van der Waals surface area contributed by atoms with Crippen LogP contribution in [0.15, 0.2) is 6.20 Å². The van der Waals surface area contributed by atoms with Crippen molar-refractivity contribution in [2.45, 2.75) is 0 Å². The van der Waals surface area contributed by atoms with Crippen LogP contribution in [0.1, 0.15) is 0 Å². The van der Waals surface area contributed by atoms with Gasteiger partial charge in [-0.05, 0) is 0 Å². The second-order valence-corrected chi connectivity index (χ2v) is 1.75. The smallest absolute Gasteiger partial charge is 0.314 e. The summed E-state index contributed by atoms with van der Waals surface area (Å²) in [5.41, 5.74) is 5.07. The van der Waals surface area contributed by atoms with Gasteiger partial charge >= 0.3 is 8.25 Å². The molecule has 0 atom stereocenters. The van der Waals surface area contributed by atoms with Crippen LogP contribution < -0.4 is 5.73 Å². The number of nitrogens with two attached hydrogens (primary N) is 1. The van der Waals surface area contributed by atoms with E-state index in [1.165, 1.54) is 6.20 Å². The van der Waals surface area contributed by atoms with Crippen LogP contribution in [0.5, 0.6) is 0 Å². The molecule has 10 heavy (non-hydrogen) atoms. The lowest BCUT2D eigenvalue weighted by atomic mass is 10.8. The summed E-state index contributed by atoms with van der Waals surface area (Å²) in [6.07, 6.45) is 1.51. The average Bonchev–Trinajstić information content (AvgIpc) is 2.15. The third-order valence-corrected chi connectivity index (χ3v) is 0.436. The van der Waals surface area contributed by atoms with E-state index < -0.39 is 8.25 Å². The molecule has 5 N–H and O–H groups in total. The highest BCUT2D eigenvalue weighted by molar-refractivity contribution is 7.30. The number of nitrogens with one attached hydrogen (secondary N) is 1. The summed E-state index contributed by atoms with van der Waals surface area (Å²) in [4.78, 5) is 14.3. The van der Waals surface area contributed by atoms with Gasteiger partial charge in [0, 0.05) is 0 Å². The minimum Gasteiger partial charge on any atom is -0.381 e. The highest BCUT2D eigenvalue weighted by atomic mass is 31.1. The Morgan fingerprint density at radius 2 is 2.20 bits per heavy atom. The standard InChI is InChI=1S/C2H4N4.H3O3P/c3-2-1-4-6-5-2;1-4(2)3/h1H,(H3,3,4,5,6);4H,(H2,1,2,3). The predicted molar refractivity (Wildman–Crippen MR) is 34.2 cm³/mol. The molecule has 0 aliphatic carbocycles. The first-order valence-corrected chi connectivity index (χ1v) is 3.47.